The highest BCUT2D eigenvalue weighted by Gasteiger charge is 2.12. The Labute approximate surface area is 242 Å². The summed E-state index contributed by atoms with van der Waals surface area (Å²) in [6.45, 7) is 6.64. The van der Waals surface area contributed by atoms with E-state index in [0.717, 1.165) is 38.0 Å². The maximum Gasteiger partial charge on any atom is 0.305 e. The zero-order valence-corrected chi connectivity index (χ0v) is 26.3. The first-order valence-electron chi connectivity index (χ1n) is 17.0. The first-order chi connectivity index (χ1) is 19.0. The summed E-state index contributed by atoms with van der Waals surface area (Å²) in [5, 5.41) is 9.91. The van der Waals surface area contributed by atoms with Gasteiger partial charge in [-0.2, -0.15) is 0 Å². The van der Waals surface area contributed by atoms with Gasteiger partial charge in [0.1, 0.15) is 19.3 Å². The number of esters is 2. The van der Waals surface area contributed by atoms with Gasteiger partial charge < -0.3 is 14.6 Å². The fourth-order valence-corrected chi connectivity index (χ4v) is 4.88. The number of aliphatic hydroxyl groups excluding tert-OH is 1. The van der Waals surface area contributed by atoms with E-state index >= 15 is 0 Å². The average Bonchev–Trinajstić information content (AvgIpc) is 2.93. The van der Waals surface area contributed by atoms with Gasteiger partial charge in [-0.15, -0.1) is 0 Å². The lowest BCUT2D eigenvalue weighted by Gasteiger charge is -2.12. The van der Waals surface area contributed by atoms with E-state index in [4.69, 9.17) is 9.47 Å². The van der Waals surface area contributed by atoms with Crippen molar-refractivity contribution in [2.24, 2.45) is 5.92 Å². The van der Waals surface area contributed by atoms with Crippen molar-refractivity contribution in [2.75, 3.05) is 13.2 Å². The minimum atomic E-state index is -0.952. The summed E-state index contributed by atoms with van der Waals surface area (Å²) in [7, 11) is 0. The minimum absolute atomic E-state index is 0.109. The van der Waals surface area contributed by atoms with Crippen LogP contribution in [-0.2, 0) is 19.1 Å². The molecule has 1 N–H and O–H groups in total. The third-order valence-corrected chi connectivity index (χ3v) is 7.88. The molecule has 0 radical (unpaired) electrons. The Morgan fingerprint density at radius 3 is 1.23 bits per heavy atom. The lowest BCUT2D eigenvalue weighted by molar-refractivity contribution is -0.152. The van der Waals surface area contributed by atoms with E-state index in [1.165, 1.54) is 116 Å². The maximum atomic E-state index is 11.9. The van der Waals surface area contributed by atoms with E-state index in [9.17, 15) is 14.7 Å². The van der Waals surface area contributed by atoms with E-state index in [0.29, 0.717) is 12.8 Å². The van der Waals surface area contributed by atoms with E-state index < -0.39 is 6.10 Å². The molecule has 0 saturated carbocycles. The second-order valence-electron chi connectivity index (χ2n) is 11.9. The molecule has 0 saturated heterocycles. The van der Waals surface area contributed by atoms with Crippen molar-refractivity contribution < 1.29 is 24.2 Å². The number of ether oxygens (including phenoxy) is 2. The molecule has 0 aromatic rings. The van der Waals surface area contributed by atoms with Crippen molar-refractivity contribution in [1.82, 2.24) is 0 Å². The van der Waals surface area contributed by atoms with Crippen LogP contribution in [0.5, 0.6) is 0 Å². The predicted molar refractivity (Wildman–Crippen MR) is 164 cm³/mol. The van der Waals surface area contributed by atoms with Crippen LogP contribution in [0.4, 0.5) is 0 Å². The van der Waals surface area contributed by atoms with Crippen LogP contribution in [0, 0.1) is 5.92 Å². The van der Waals surface area contributed by atoms with Gasteiger partial charge in [-0.3, -0.25) is 9.59 Å². The summed E-state index contributed by atoms with van der Waals surface area (Å²) >= 11 is 0. The molecule has 5 nitrogen and oxygen atoms in total. The molecule has 0 amide bonds. The molecule has 5 heteroatoms. The summed E-state index contributed by atoms with van der Waals surface area (Å²) in [5.74, 6) is 0.340. The van der Waals surface area contributed by atoms with E-state index in [-0.39, 0.29) is 25.2 Å². The first-order valence-corrected chi connectivity index (χ1v) is 17.0. The van der Waals surface area contributed by atoms with Crippen LogP contribution in [0.2, 0.25) is 0 Å². The smallest absolute Gasteiger partial charge is 0.305 e. The third-order valence-electron chi connectivity index (χ3n) is 7.88. The Balaban J connectivity index is 3.37. The van der Waals surface area contributed by atoms with Crippen LogP contribution in [-0.4, -0.2) is 36.4 Å². The molecule has 2 atom stereocenters. The number of unbranched alkanes of at least 4 members (excludes halogenated alkanes) is 19. The van der Waals surface area contributed by atoms with Crippen LogP contribution < -0.4 is 0 Å². The molecule has 0 aliphatic carbocycles. The molecule has 1 unspecified atom stereocenters. The second-order valence-corrected chi connectivity index (χ2v) is 11.9. The van der Waals surface area contributed by atoms with Gasteiger partial charge in [-0.25, -0.2) is 0 Å². The number of hydrogen-bond acceptors (Lipinski definition) is 5. The number of carbonyl (C=O) groups excluding carboxylic acids is 2. The summed E-state index contributed by atoms with van der Waals surface area (Å²) in [4.78, 5) is 23.7. The van der Waals surface area contributed by atoms with E-state index in [1.807, 2.05) is 0 Å². The molecule has 0 heterocycles. The van der Waals surface area contributed by atoms with Gasteiger partial charge in [0.05, 0.1) is 0 Å². The zero-order valence-electron chi connectivity index (χ0n) is 26.3. The summed E-state index contributed by atoms with van der Waals surface area (Å²) in [6.07, 6.45) is 28.7. The standard InChI is InChI=1S/C34H66O5/c1-4-6-7-8-17-21-24-27-33(36)38-29-32(35)30-39-34(37)28-25-22-19-16-14-12-10-9-11-13-15-18-20-23-26-31(3)5-2/h31-32,35H,4-30H2,1-3H3/t31?,32-/m0/s1. The van der Waals surface area contributed by atoms with Crippen LogP contribution in [0.15, 0.2) is 0 Å². The first kappa shape index (κ1) is 37.9. The van der Waals surface area contributed by atoms with Gasteiger partial charge in [0.2, 0.25) is 0 Å². The Hall–Kier alpha value is -1.10. The molecule has 0 aromatic carbocycles. The van der Waals surface area contributed by atoms with Gasteiger partial charge >= 0.3 is 11.9 Å². The van der Waals surface area contributed by atoms with Crippen LogP contribution in [0.3, 0.4) is 0 Å². The number of carbonyl (C=O) groups is 2. The average molecular weight is 555 g/mol. The molecule has 0 spiro atoms. The largest absolute Gasteiger partial charge is 0.463 e. The summed E-state index contributed by atoms with van der Waals surface area (Å²) < 4.78 is 10.2. The van der Waals surface area contributed by atoms with Crippen molar-refractivity contribution in [2.45, 2.75) is 187 Å². The lowest BCUT2D eigenvalue weighted by Crippen LogP contribution is -2.25. The monoisotopic (exact) mass is 554 g/mol. The van der Waals surface area contributed by atoms with Gasteiger partial charge in [-0.1, -0.05) is 156 Å². The number of rotatable bonds is 30. The Kier molecular flexibility index (Phi) is 29.0. The highest BCUT2D eigenvalue weighted by atomic mass is 16.6. The molecular weight excluding hydrogens is 488 g/mol. The second kappa shape index (κ2) is 29.9. The van der Waals surface area contributed by atoms with Crippen molar-refractivity contribution in [3.05, 3.63) is 0 Å². The van der Waals surface area contributed by atoms with E-state index in [2.05, 4.69) is 20.8 Å². The van der Waals surface area contributed by atoms with E-state index in [1.54, 1.807) is 0 Å². The summed E-state index contributed by atoms with van der Waals surface area (Å²) in [5.41, 5.74) is 0. The third kappa shape index (κ3) is 29.7. The lowest BCUT2D eigenvalue weighted by atomic mass is 9.99. The molecule has 0 bridgehead atoms. The Morgan fingerprint density at radius 2 is 0.872 bits per heavy atom. The number of hydrogen-bond donors (Lipinski definition) is 1. The Morgan fingerprint density at radius 1 is 0.538 bits per heavy atom. The molecule has 0 aromatic heterocycles. The maximum absolute atomic E-state index is 11.9. The van der Waals surface area contributed by atoms with Crippen molar-refractivity contribution >= 4 is 11.9 Å². The Bertz CT molecular complexity index is 536. The fraction of sp³-hybridized carbons (Fsp3) is 0.941. The molecule has 0 aliphatic rings. The van der Waals surface area contributed by atoms with Crippen molar-refractivity contribution in [3.63, 3.8) is 0 Å². The molecule has 0 aliphatic heterocycles. The SMILES string of the molecule is CCCCCCCCCC(=O)OC[C@H](O)COC(=O)CCCCCCCCCCCCCCCCC(C)CC. The molecule has 232 valence electrons. The predicted octanol–water partition coefficient (Wildman–Crippen LogP) is 9.86. The van der Waals surface area contributed by atoms with Gasteiger partial charge in [0.25, 0.3) is 0 Å². The van der Waals surface area contributed by atoms with Crippen molar-refractivity contribution in [3.8, 4) is 0 Å². The van der Waals surface area contributed by atoms with Crippen molar-refractivity contribution in [1.29, 1.82) is 0 Å². The van der Waals surface area contributed by atoms with Gasteiger partial charge in [-0.05, 0) is 18.8 Å². The summed E-state index contributed by atoms with van der Waals surface area (Å²) in [6, 6.07) is 0. The highest BCUT2D eigenvalue weighted by Crippen LogP contribution is 2.16. The zero-order chi connectivity index (χ0) is 28.8. The quantitative estimate of drug-likeness (QED) is 0.0706. The fourth-order valence-electron chi connectivity index (χ4n) is 4.88. The molecular formula is C34H66O5. The van der Waals surface area contributed by atoms with Crippen LogP contribution in [0.25, 0.3) is 0 Å². The highest BCUT2D eigenvalue weighted by molar-refractivity contribution is 5.69. The van der Waals surface area contributed by atoms with Crippen LogP contribution >= 0.6 is 0 Å². The number of aliphatic hydroxyl groups is 1. The molecule has 0 rings (SSSR count). The van der Waals surface area contributed by atoms with Gasteiger partial charge in [0, 0.05) is 12.8 Å². The minimum Gasteiger partial charge on any atom is -0.463 e. The topological polar surface area (TPSA) is 72.8 Å². The van der Waals surface area contributed by atoms with Crippen LogP contribution in [0.1, 0.15) is 181 Å². The molecule has 0 fully saturated rings. The van der Waals surface area contributed by atoms with Gasteiger partial charge in [0.15, 0.2) is 0 Å². The normalized spacial score (nSPS) is 12.8. The molecule has 39 heavy (non-hydrogen) atoms.